The summed E-state index contributed by atoms with van der Waals surface area (Å²) in [4.78, 5) is 111. The fourth-order valence-corrected chi connectivity index (χ4v) is 7.40. The van der Waals surface area contributed by atoms with Crippen molar-refractivity contribution in [3.63, 3.8) is 0 Å². The average Bonchev–Trinajstić information content (AvgIpc) is 3.28. The average molecular weight is 1070 g/mol. The molecule has 3 amide bonds. The number of anilines is 3. The minimum atomic E-state index is -1.68. The molecule has 0 aromatic heterocycles. The van der Waals surface area contributed by atoms with E-state index in [4.69, 9.17) is 28.4 Å². The van der Waals surface area contributed by atoms with Gasteiger partial charge in [0.05, 0.1) is 41.3 Å². The van der Waals surface area contributed by atoms with Gasteiger partial charge in [-0.1, -0.05) is 47.6 Å². The number of nitrogens with one attached hydrogen (secondary N) is 3. The van der Waals surface area contributed by atoms with Gasteiger partial charge >= 0.3 is 125 Å². The Morgan fingerprint density at radius 3 is 1.43 bits per heavy atom. The molecule has 0 aliphatic carbocycles. The van der Waals surface area contributed by atoms with Crippen LogP contribution in [0.2, 0.25) is 0 Å². The first-order valence-corrected chi connectivity index (χ1v) is 21.7. The maximum absolute atomic E-state index is 14.0. The number of aromatic hydroxyl groups is 3. The van der Waals surface area contributed by atoms with Gasteiger partial charge in [0.1, 0.15) is 56.9 Å². The van der Waals surface area contributed by atoms with Crippen LogP contribution in [-0.2, 0) is 42.8 Å². The van der Waals surface area contributed by atoms with Gasteiger partial charge in [-0.05, 0) is 72.6 Å². The molecule has 0 bridgehead atoms. The third kappa shape index (κ3) is 21.5. The van der Waals surface area contributed by atoms with Crippen LogP contribution in [0.25, 0.3) is 0 Å². The Morgan fingerprint density at radius 1 is 0.514 bits per heavy atom. The van der Waals surface area contributed by atoms with E-state index in [0.29, 0.717) is 0 Å². The summed E-state index contributed by atoms with van der Waals surface area (Å²) in [6, 6.07) is 9.85. The van der Waals surface area contributed by atoms with Gasteiger partial charge in [-0.25, -0.2) is 14.4 Å². The number of phenols is 3. The Morgan fingerprint density at radius 2 is 0.946 bits per heavy atom. The Kier molecular flexibility index (Phi) is 29.9. The van der Waals surface area contributed by atoms with Gasteiger partial charge in [0.15, 0.2) is 0 Å². The number of para-hydroxylation sites is 1. The number of hydrogen-bond donors (Lipinski definition) is 6. The zero-order chi connectivity index (χ0) is 53.2. The SMILES string of the molecule is CCC(C(=O)OCCOC(=O)Nc1cccc(C(=O)[O-])c1O)C(C)(C)CC(C(=O)OCCOC(=O)Nc1ccc(C(=O)[O-])c(O)c1)C(C)(C)CC(C)C(=O)OCCOC(=O)Nc1ccc(O)c(C(=O)[O-])c1.[Na+].[Na+].[Na+]. The minimum absolute atomic E-state index is 0. The number of carboxylic acid groups (broad SMARTS) is 3. The zero-order valence-electron chi connectivity index (χ0n) is 42.5. The molecule has 0 aliphatic heterocycles. The minimum Gasteiger partial charge on any atom is -0.545 e. The van der Waals surface area contributed by atoms with Crippen molar-refractivity contribution in [2.24, 2.45) is 28.6 Å². The number of rotatable bonds is 25. The molecule has 3 unspecified atom stereocenters. The molecule has 0 fully saturated rings. The first kappa shape index (κ1) is 68.7. The van der Waals surface area contributed by atoms with Gasteiger partial charge in [-0.3, -0.25) is 30.3 Å². The molecule has 3 rings (SSSR count). The van der Waals surface area contributed by atoms with Crippen LogP contribution in [0.15, 0.2) is 54.6 Å². The number of carboxylic acids is 3. The molecular formula is C47H54N3Na3O21. The molecule has 0 spiro atoms. The quantitative estimate of drug-likeness (QED) is 0.0115. The van der Waals surface area contributed by atoms with Crippen LogP contribution in [0.5, 0.6) is 17.2 Å². The van der Waals surface area contributed by atoms with Crippen molar-refractivity contribution in [3.8, 4) is 17.2 Å². The second kappa shape index (κ2) is 32.2. The fourth-order valence-electron chi connectivity index (χ4n) is 7.40. The van der Waals surface area contributed by atoms with Gasteiger partial charge in [-0.15, -0.1) is 0 Å². The molecule has 27 heteroatoms. The van der Waals surface area contributed by atoms with Gasteiger partial charge in [0.25, 0.3) is 0 Å². The van der Waals surface area contributed by atoms with E-state index in [-0.39, 0.29) is 125 Å². The molecular weight excluding hydrogens is 1010 g/mol. The molecule has 386 valence electrons. The predicted molar refractivity (Wildman–Crippen MR) is 238 cm³/mol. The van der Waals surface area contributed by atoms with Crippen molar-refractivity contribution in [1.82, 2.24) is 0 Å². The molecule has 6 N–H and O–H groups in total. The summed E-state index contributed by atoms with van der Waals surface area (Å²) >= 11 is 0. The van der Waals surface area contributed by atoms with E-state index >= 15 is 0 Å². The van der Waals surface area contributed by atoms with Gasteiger partial charge < -0.3 is 73.4 Å². The molecule has 0 saturated heterocycles. The number of carbonyl (C=O) groups is 9. The number of carbonyl (C=O) groups excluding carboxylic acids is 9. The zero-order valence-corrected chi connectivity index (χ0v) is 48.5. The number of amides is 3. The smallest absolute Gasteiger partial charge is 0.545 e. The molecule has 3 aromatic carbocycles. The predicted octanol–water partition coefficient (Wildman–Crippen LogP) is -6.31. The molecule has 0 heterocycles. The van der Waals surface area contributed by atoms with Gasteiger partial charge in [-0.2, -0.15) is 0 Å². The van der Waals surface area contributed by atoms with E-state index in [0.717, 1.165) is 30.3 Å². The van der Waals surface area contributed by atoms with Crippen molar-refractivity contribution in [2.75, 3.05) is 55.6 Å². The second-order valence-electron chi connectivity index (χ2n) is 17.1. The molecule has 74 heavy (non-hydrogen) atoms. The first-order valence-electron chi connectivity index (χ1n) is 21.7. The van der Waals surface area contributed by atoms with E-state index in [1.165, 1.54) is 31.2 Å². The van der Waals surface area contributed by atoms with Crippen LogP contribution >= 0.6 is 0 Å². The van der Waals surface area contributed by atoms with Crippen LogP contribution in [0, 0.1) is 28.6 Å². The Labute approximate surface area is 491 Å². The Hall–Kier alpha value is -5.31. The summed E-state index contributed by atoms with van der Waals surface area (Å²) in [6.07, 6.45) is -3.00. The number of aromatic carboxylic acids is 3. The fraction of sp³-hybridized carbons (Fsp3) is 0.426. The third-order valence-corrected chi connectivity index (χ3v) is 10.9. The van der Waals surface area contributed by atoms with E-state index in [9.17, 15) is 73.8 Å². The van der Waals surface area contributed by atoms with Crippen molar-refractivity contribution < 1.29 is 191 Å². The maximum Gasteiger partial charge on any atom is 1.00 e. The molecule has 3 aromatic rings. The van der Waals surface area contributed by atoms with Crippen molar-refractivity contribution in [3.05, 3.63) is 71.3 Å². The van der Waals surface area contributed by atoms with Crippen LogP contribution in [0.1, 0.15) is 91.9 Å². The number of hydrogen-bond acceptors (Lipinski definition) is 21. The Balaban J connectivity index is 0.0000178. The number of benzene rings is 3. The van der Waals surface area contributed by atoms with Crippen molar-refractivity contribution in [1.29, 1.82) is 0 Å². The summed E-state index contributed by atoms with van der Waals surface area (Å²) in [7, 11) is 0. The molecule has 0 aliphatic rings. The summed E-state index contributed by atoms with van der Waals surface area (Å²) in [5, 5.41) is 69.8. The van der Waals surface area contributed by atoms with Crippen LogP contribution in [0.4, 0.5) is 31.4 Å². The summed E-state index contributed by atoms with van der Waals surface area (Å²) in [5.74, 6) is -12.1. The molecule has 0 saturated carbocycles. The van der Waals surface area contributed by atoms with Crippen LogP contribution in [0.3, 0.4) is 0 Å². The number of esters is 3. The third-order valence-electron chi connectivity index (χ3n) is 10.9. The summed E-state index contributed by atoms with van der Waals surface area (Å²) < 4.78 is 31.4. The van der Waals surface area contributed by atoms with Crippen molar-refractivity contribution in [2.45, 2.75) is 60.8 Å². The molecule has 0 radical (unpaired) electrons. The standard InChI is InChI=1S/C47H57N3O21.3Na/c1-7-31(41(61)67-16-20-71-45(65)50-33-10-8-9-29(36(33)53)38(56)57)47(5,6)24-32(42(62)68-17-19-70-44(64)49-27-11-13-28(37(54)55)35(52)22-27)46(3,4)23-25(2)40(60)66-15-18-69-43(63)48-26-12-14-34(51)30(21-26)39(58)59;;;/h8-14,21-22,25,31-32,51-53H,7,15-20,23-24H2,1-6H3,(H,48,63)(H,49,64)(H,50,65)(H,54,55)(H,56,57)(H,58,59);;;/q;3*+1/p-3. The molecule has 3 atom stereocenters. The van der Waals surface area contributed by atoms with Gasteiger partial charge in [0.2, 0.25) is 0 Å². The topological polar surface area (TPSA) is 375 Å². The van der Waals surface area contributed by atoms with E-state index in [1.807, 2.05) is 0 Å². The summed E-state index contributed by atoms with van der Waals surface area (Å²) in [6.45, 7) is 7.41. The van der Waals surface area contributed by atoms with E-state index in [2.05, 4.69) is 16.0 Å². The summed E-state index contributed by atoms with van der Waals surface area (Å²) in [5.41, 5.74) is -4.11. The first-order chi connectivity index (χ1) is 33.3. The second-order valence-corrected chi connectivity index (χ2v) is 17.1. The van der Waals surface area contributed by atoms with E-state index in [1.54, 1.807) is 34.6 Å². The monoisotopic (exact) mass is 1070 g/mol. The van der Waals surface area contributed by atoms with Crippen molar-refractivity contribution >= 4 is 71.2 Å². The normalized spacial score (nSPS) is 11.9. The van der Waals surface area contributed by atoms with E-state index < -0.39 is 156 Å². The Bertz CT molecular complexity index is 2470. The number of ether oxygens (including phenoxy) is 6. The van der Waals surface area contributed by atoms with Crippen LogP contribution in [-0.4, -0.2) is 109 Å². The largest absolute Gasteiger partial charge is 1.00 e. The van der Waals surface area contributed by atoms with Gasteiger partial charge in [0, 0.05) is 34.1 Å². The van der Waals surface area contributed by atoms with Crippen LogP contribution < -0.4 is 120 Å². The molecule has 24 nitrogen and oxygen atoms in total. The maximum atomic E-state index is 14.0.